The monoisotopic (exact) mass is 691 g/mol. The smallest absolute Gasteiger partial charge is 0.281 e. The molecule has 0 bridgehead atoms. The molecule has 0 unspecified atom stereocenters. The van der Waals surface area contributed by atoms with Crippen molar-refractivity contribution in [1.29, 1.82) is 0 Å². The van der Waals surface area contributed by atoms with E-state index in [1.54, 1.807) is 31.2 Å². The van der Waals surface area contributed by atoms with Crippen molar-refractivity contribution in [3.63, 3.8) is 0 Å². The maximum absolute atomic E-state index is 14.3. The summed E-state index contributed by atoms with van der Waals surface area (Å²) >= 11 is 0. The molecular formula is C34H57N7O4S2. The van der Waals surface area contributed by atoms with Gasteiger partial charge in [0.05, 0.1) is 10.9 Å². The van der Waals surface area contributed by atoms with Crippen LogP contribution >= 0.6 is 0 Å². The Labute approximate surface area is 284 Å². The molecule has 2 saturated heterocycles. The molecule has 2 aliphatic heterocycles. The summed E-state index contributed by atoms with van der Waals surface area (Å²) in [5.74, 6) is 0.654. The summed E-state index contributed by atoms with van der Waals surface area (Å²) in [6.07, 6.45) is 13.0. The first-order valence-electron chi connectivity index (χ1n) is 17.6. The van der Waals surface area contributed by atoms with E-state index in [9.17, 15) is 16.8 Å². The largest absolute Gasteiger partial charge is 0.378 e. The number of hydrogen-bond acceptors (Lipinski definition) is 7. The van der Waals surface area contributed by atoms with Gasteiger partial charge >= 0.3 is 0 Å². The van der Waals surface area contributed by atoms with E-state index in [0.29, 0.717) is 44.9 Å². The fourth-order valence-electron chi connectivity index (χ4n) is 7.60. The second-order valence-electron chi connectivity index (χ2n) is 14.9. The summed E-state index contributed by atoms with van der Waals surface area (Å²) in [7, 11) is -3.69. The van der Waals surface area contributed by atoms with Crippen LogP contribution < -0.4 is 4.90 Å². The third-order valence-corrected chi connectivity index (χ3v) is 14.0. The highest BCUT2D eigenvalue weighted by molar-refractivity contribution is 7.89. The Morgan fingerprint density at radius 1 is 0.766 bits per heavy atom. The van der Waals surface area contributed by atoms with E-state index in [1.165, 1.54) is 32.1 Å². The predicted octanol–water partition coefficient (Wildman–Crippen LogP) is 4.53. The van der Waals surface area contributed by atoms with Crippen LogP contribution in [0.1, 0.15) is 77.7 Å². The minimum atomic E-state index is -3.80. The molecule has 0 radical (unpaired) electrons. The normalized spacial score (nSPS) is 23.2. The zero-order valence-electron chi connectivity index (χ0n) is 29.0. The average molecular weight is 692 g/mol. The molecule has 5 rings (SSSR count). The van der Waals surface area contributed by atoms with Crippen LogP contribution in [0.2, 0.25) is 0 Å². The molecule has 1 saturated carbocycles. The Hall–Kier alpha value is -2.03. The van der Waals surface area contributed by atoms with Crippen molar-refractivity contribution in [2.45, 2.75) is 82.6 Å². The molecule has 0 N–H and O–H groups in total. The molecular weight excluding hydrogens is 635 g/mol. The molecule has 0 amide bonds. The van der Waals surface area contributed by atoms with Gasteiger partial charge in [0.2, 0.25) is 10.0 Å². The van der Waals surface area contributed by atoms with Crippen LogP contribution in [0, 0.1) is 11.3 Å². The van der Waals surface area contributed by atoms with Crippen LogP contribution in [0.25, 0.3) is 0 Å². The average Bonchev–Trinajstić information content (AvgIpc) is 3.59. The van der Waals surface area contributed by atoms with Crippen LogP contribution in [0.4, 0.5) is 5.69 Å². The van der Waals surface area contributed by atoms with Gasteiger partial charge < -0.3 is 9.80 Å². The number of piperidine rings is 1. The number of sulfonamides is 1. The number of aromatic nitrogens is 2. The number of benzene rings is 1. The van der Waals surface area contributed by atoms with Gasteiger partial charge in [0.15, 0.2) is 0 Å². The Balaban J connectivity index is 1.38. The first-order chi connectivity index (χ1) is 22.3. The van der Waals surface area contributed by atoms with Gasteiger partial charge in [-0.05, 0) is 93.3 Å². The predicted molar refractivity (Wildman–Crippen MR) is 188 cm³/mol. The number of anilines is 1. The Bertz CT molecular complexity index is 1470. The molecule has 1 aromatic heterocycles. The zero-order chi connectivity index (χ0) is 33.7. The molecule has 3 heterocycles. The lowest BCUT2D eigenvalue weighted by Gasteiger charge is -2.40. The van der Waals surface area contributed by atoms with Crippen molar-refractivity contribution < 1.29 is 16.8 Å². The molecule has 3 aliphatic rings. The molecule has 1 aromatic carbocycles. The lowest BCUT2D eigenvalue weighted by molar-refractivity contribution is 0.157. The first kappa shape index (κ1) is 36.3. The van der Waals surface area contributed by atoms with E-state index in [1.807, 2.05) is 61.9 Å². The number of rotatable bonds is 8. The van der Waals surface area contributed by atoms with Crippen LogP contribution in [0.15, 0.2) is 47.6 Å². The Morgan fingerprint density at radius 2 is 1.38 bits per heavy atom. The topological polar surface area (TPSA) is 102 Å². The van der Waals surface area contributed by atoms with Crippen LogP contribution in [0.5, 0.6) is 0 Å². The maximum atomic E-state index is 14.3. The maximum Gasteiger partial charge on any atom is 0.281 e. The summed E-state index contributed by atoms with van der Waals surface area (Å²) in [5.41, 5.74) is 0.323. The van der Waals surface area contributed by atoms with Gasteiger partial charge in [0, 0.05) is 78.0 Å². The first-order valence-corrected chi connectivity index (χ1v) is 20.4. The lowest BCUT2D eigenvalue weighted by atomic mass is 9.89. The van der Waals surface area contributed by atoms with E-state index in [0.717, 1.165) is 38.2 Å². The van der Waals surface area contributed by atoms with Gasteiger partial charge in [-0.3, -0.25) is 4.68 Å². The van der Waals surface area contributed by atoms with E-state index in [4.69, 9.17) is 0 Å². The number of hydrogen-bond donors (Lipinski definition) is 0. The van der Waals surface area contributed by atoms with E-state index >= 15 is 0 Å². The van der Waals surface area contributed by atoms with Gasteiger partial charge in [-0.15, -0.1) is 0 Å². The molecule has 3 fully saturated rings. The molecule has 11 nitrogen and oxygen atoms in total. The second kappa shape index (κ2) is 15.7. The van der Waals surface area contributed by atoms with Gasteiger partial charge in [0.25, 0.3) is 10.2 Å². The highest BCUT2D eigenvalue weighted by Gasteiger charge is 2.39. The molecule has 264 valence electrons. The number of nitrogens with zero attached hydrogens (tertiary/aromatic N) is 7. The van der Waals surface area contributed by atoms with Crippen molar-refractivity contribution in [3.8, 4) is 0 Å². The van der Waals surface area contributed by atoms with Gasteiger partial charge in [0.1, 0.15) is 0 Å². The summed E-state index contributed by atoms with van der Waals surface area (Å²) in [6.45, 7) is 8.81. The van der Waals surface area contributed by atoms with E-state index in [-0.39, 0.29) is 24.0 Å². The fourth-order valence-corrected chi connectivity index (χ4v) is 11.1. The Kier molecular flexibility index (Phi) is 12.1. The summed E-state index contributed by atoms with van der Waals surface area (Å²) < 4.78 is 63.8. The standard InChI is InChI=1S/C34H57N7O4S2/c1-34(2)28-39(46(42,43)33-15-13-31(14-16-33)36(3)4)22-9-20-37(27-30-11-6-5-7-12-30)21-10-23-40(29-34)47(44,45)38-25-17-32(18-26-38)41-24-8-19-35-41/h8,13-16,19,24,30,32H,5-7,9-12,17-18,20-23,25-29H2,1-4H3. The molecule has 47 heavy (non-hydrogen) atoms. The zero-order valence-corrected chi connectivity index (χ0v) is 30.6. The second-order valence-corrected chi connectivity index (χ2v) is 18.7. The molecule has 0 spiro atoms. The van der Waals surface area contributed by atoms with Crippen molar-refractivity contribution >= 4 is 25.9 Å². The highest BCUT2D eigenvalue weighted by Crippen LogP contribution is 2.30. The minimum Gasteiger partial charge on any atom is -0.378 e. The SMILES string of the molecule is CN(C)c1ccc(S(=O)(=O)N2CCCN(CC3CCCCC3)CCCN(S(=O)(=O)N3CCC(n4cccn4)CC3)CC(C)(C)C2)cc1. The van der Waals surface area contributed by atoms with Crippen LogP contribution in [0.3, 0.4) is 0 Å². The van der Waals surface area contributed by atoms with Gasteiger partial charge in [-0.2, -0.15) is 26.4 Å². The fraction of sp³-hybridized carbons (Fsp3) is 0.735. The van der Waals surface area contributed by atoms with Crippen molar-refractivity contribution in [3.05, 3.63) is 42.7 Å². The van der Waals surface area contributed by atoms with Crippen molar-refractivity contribution in [2.75, 3.05) is 77.9 Å². The van der Waals surface area contributed by atoms with Crippen molar-refractivity contribution in [1.82, 2.24) is 27.6 Å². The third-order valence-electron chi connectivity index (χ3n) is 10.2. The molecule has 0 atom stereocenters. The Morgan fingerprint density at radius 3 is 1.98 bits per heavy atom. The summed E-state index contributed by atoms with van der Waals surface area (Å²) in [4.78, 5) is 4.69. The van der Waals surface area contributed by atoms with E-state index < -0.39 is 25.6 Å². The minimum absolute atomic E-state index is 0.193. The quantitative estimate of drug-likeness (QED) is 0.401. The van der Waals surface area contributed by atoms with Gasteiger partial charge in [-0.1, -0.05) is 33.1 Å². The molecule has 13 heteroatoms. The molecule has 1 aliphatic carbocycles. The van der Waals surface area contributed by atoms with Gasteiger partial charge in [-0.25, -0.2) is 8.42 Å². The van der Waals surface area contributed by atoms with Crippen molar-refractivity contribution in [2.24, 2.45) is 11.3 Å². The summed E-state index contributed by atoms with van der Waals surface area (Å²) in [5, 5.41) is 4.38. The lowest BCUT2D eigenvalue weighted by Crippen LogP contribution is -2.52. The van der Waals surface area contributed by atoms with E-state index in [2.05, 4.69) is 10.00 Å². The third kappa shape index (κ3) is 9.36. The molecule has 2 aromatic rings. The van der Waals surface area contributed by atoms with Crippen LogP contribution in [-0.4, -0.2) is 117 Å². The van der Waals surface area contributed by atoms with Crippen LogP contribution in [-0.2, 0) is 20.2 Å². The highest BCUT2D eigenvalue weighted by atomic mass is 32.2. The summed E-state index contributed by atoms with van der Waals surface area (Å²) in [6, 6.07) is 9.15.